The minimum atomic E-state index is -1.53. The molecule has 0 saturated carbocycles. The minimum absolute atomic E-state index is 0.102. The van der Waals surface area contributed by atoms with E-state index in [4.69, 9.17) is 5.73 Å². The summed E-state index contributed by atoms with van der Waals surface area (Å²) in [5.74, 6) is -3.71. The third-order valence-electron chi connectivity index (χ3n) is 7.77. The van der Waals surface area contributed by atoms with Gasteiger partial charge in [-0.15, -0.1) is 0 Å². The Morgan fingerprint density at radius 2 is 1.33 bits per heavy atom. The van der Waals surface area contributed by atoms with Crippen LogP contribution in [-0.2, 0) is 32.0 Å². The van der Waals surface area contributed by atoms with Gasteiger partial charge >= 0.3 is 5.97 Å². The molecule has 0 bridgehead atoms. The van der Waals surface area contributed by atoms with Crippen LogP contribution in [-0.4, -0.2) is 74.6 Å². The number of hydrogen-bond donors (Lipinski definition) is 8. The van der Waals surface area contributed by atoms with E-state index in [1.807, 2.05) is 55.5 Å². The van der Waals surface area contributed by atoms with Crippen LogP contribution in [0.3, 0.4) is 0 Å². The molecule has 2 aromatic carbocycles. The molecule has 12 nitrogen and oxygen atoms in total. The van der Waals surface area contributed by atoms with Crippen molar-refractivity contribution in [1.82, 2.24) is 25.9 Å². The highest BCUT2D eigenvalue weighted by molar-refractivity contribution is 5.95. The number of aliphatic carboxylic acids is 1. The van der Waals surface area contributed by atoms with Gasteiger partial charge in [-0.25, -0.2) is 4.79 Å². The summed E-state index contributed by atoms with van der Waals surface area (Å²) >= 11 is 0. The second-order valence-corrected chi connectivity index (χ2v) is 10.7. The molecule has 43 heavy (non-hydrogen) atoms. The number of nitrogens with one attached hydrogen (secondary N) is 5. The summed E-state index contributed by atoms with van der Waals surface area (Å²) in [7, 11) is 0. The SMILES string of the molecule is CCC(C)C(NC(=O)C(Cc1c[nH]c2ccccc12)NC(=O)C(N)Cc1c[nH]c2ccccc12)C(=O)NC(CO)C(=O)O. The van der Waals surface area contributed by atoms with Gasteiger partial charge in [0.25, 0.3) is 0 Å². The Morgan fingerprint density at radius 3 is 1.86 bits per heavy atom. The van der Waals surface area contributed by atoms with Gasteiger partial charge in [-0.1, -0.05) is 56.7 Å². The summed E-state index contributed by atoms with van der Waals surface area (Å²) in [5, 5.41) is 28.3. The molecule has 2 aromatic heterocycles. The van der Waals surface area contributed by atoms with E-state index >= 15 is 0 Å². The number of aliphatic hydroxyl groups excluding tert-OH is 1. The van der Waals surface area contributed by atoms with E-state index in [0.717, 1.165) is 32.9 Å². The summed E-state index contributed by atoms with van der Waals surface area (Å²) in [6.07, 6.45) is 4.39. The molecule has 0 aliphatic heterocycles. The topological polar surface area (TPSA) is 202 Å². The first-order valence-electron chi connectivity index (χ1n) is 14.2. The van der Waals surface area contributed by atoms with Crippen LogP contribution in [0.2, 0.25) is 0 Å². The average molecular weight is 591 g/mol. The van der Waals surface area contributed by atoms with Crippen LogP contribution < -0.4 is 21.7 Å². The standard InChI is InChI=1S/C31H38N6O6/c1-3-17(2)27(30(41)36-26(16-38)31(42)43)37-29(40)25(13-19-15-34-24-11-7-5-9-21(19)24)35-28(39)22(32)12-18-14-33-23-10-6-4-8-20(18)23/h4-11,14-15,17,22,25-27,33-34,38H,3,12-13,16,32H2,1-2H3,(H,35,39)(H,36,41)(H,37,40)(H,42,43). The Kier molecular flexibility index (Phi) is 10.2. The van der Waals surface area contributed by atoms with Gasteiger partial charge < -0.3 is 41.9 Å². The maximum Gasteiger partial charge on any atom is 0.328 e. The van der Waals surface area contributed by atoms with Gasteiger partial charge in [0.05, 0.1) is 12.6 Å². The van der Waals surface area contributed by atoms with Crippen LogP contribution in [0.4, 0.5) is 0 Å². The largest absolute Gasteiger partial charge is 0.480 e. The number of aromatic nitrogens is 2. The number of para-hydroxylation sites is 2. The van der Waals surface area contributed by atoms with Crippen molar-refractivity contribution in [3.05, 3.63) is 72.1 Å². The lowest BCUT2D eigenvalue weighted by Gasteiger charge is -2.28. The molecule has 0 fully saturated rings. The van der Waals surface area contributed by atoms with Crippen LogP contribution in [0.1, 0.15) is 31.4 Å². The molecular formula is C31H38N6O6. The van der Waals surface area contributed by atoms with E-state index in [2.05, 4.69) is 25.9 Å². The Labute approximate surface area is 248 Å². The fraction of sp³-hybridized carbons (Fsp3) is 0.355. The highest BCUT2D eigenvalue weighted by Gasteiger charge is 2.33. The number of H-pyrrole nitrogens is 2. The molecule has 0 radical (unpaired) electrons. The molecule has 0 aliphatic carbocycles. The molecule has 228 valence electrons. The number of benzene rings is 2. The summed E-state index contributed by atoms with van der Waals surface area (Å²) in [6.45, 7) is 2.76. The van der Waals surface area contributed by atoms with E-state index in [9.17, 15) is 29.4 Å². The molecule has 5 atom stereocenters. The maximum atomic E-state index is 13.8. The molecule has 4 aromatic rings. The van der Waals surface area contributed by atoms with Crippen molar-refractivity contribution in [2.45, 2.75) is 57.3 Å². The molecule has 12 heteroatoms. The number of rotatable bonds is 14. The molecule has 0 saturated heterocycles. The van der Waals surface area contributed by atoms with E-state index in [0.29, 0.717) is 6.42 Å². The quantitative estimate of drug-likeness (QED) is 0.108. The fourth-order valence-corrected chi connectivity index (χ4v) is 5.04. The maximum absolute atomic E-state index is 13.8. The number of carbonyl (C=O) groups is 4. The number of aliphatic hydroxyl groups is 1. The highest BCUT2D eigenvalue weighted by atomic mass is 16.4. The first-order valence-corrected chi connectivity index (χ1v) is 14.2. The smallest absolute Gasteiger partial charge is 0.328 e. The number of hydrogen-bond acceptors (Lipinski definition) is 6. The van der Waals surface area contributed by atoms with Gasteiger partial charge in [0.1, 0.15) is 18.1 Å². The Bertz CT molecular complexity index is 1600. The fourth-order valence-electron chi connectivity index (χ4n) is 5.04. The van der Waals surface area contributed by atoms with E-state index in [-0.39, 0.29) is 18.8 Å². The van der Waals surface area contributed by atoms with Crippen molar-refractivity contribution in [1.29, 1.82) is 0 Å². The predicted molar refractivity (Wildman–Crippen MR) is 162 cm³/mol. The molecule has 5 unspecified atom stereocenters. The summed E-state index contributed by atoms with van der Waals surface area (Å²) in [5.41, 5.74) is 9.74. The Hall–Kier alpha value is -4.68. The number of carboxylic acids is 1. The number of amides is 3. The normalized spacial score (nSPS) is 14.9. The van der Waals surface area contributed by atoms with Crippen LogP contribution >= 0.6 is 0 Å². The van der Waals surface area contributed by atoms with Gasteiger partial charge in [0, 0.05) is 40.6 Å². The van der Waals surface area contributed by atoms with Crippen molar-refractivity contribution in [3.8, 4) is 0 Å². The van der Waals surface area contributed by atoms with E-state index in [1.165, 1.54) is 0 Å². The van der Waals surface area contributed by atoms with Gasteiger partial charge in [-0.2, -0.15) is 0 Å². The molecule has 2 heterocycles. The Morgan fingerprint density at radius 1 is 0.791 bits per heavy atom. The zero-order chi connectivity index (χ0) is 31.1. The lowest BCUT2D eigenvalue weighted by atomic mass is 9.96. The number of carbonyl (C=O) groups excluding carboxylic acids is 3. The number of aromatic amines is 2. The zero-order valence-electron chi connectivity index (χ0n) is 24.1. The number of fused-ring (bicyclic) bond motifs is 2. The van der Waals surface area contributed by atoms with Gasteiger partial charge in [-0.3, -0.25) is 14.4 Å². The van der Waals surface area contributed by atoms with Crippen LogP contribution in [0.25, 0.3) is 21.8 Å². The molecule has 4 rings (SSSR count). The second kappa shape index (κ2) is 14.0. The Balaban J connectivity index is 1.56. The van der Waals surface area contributed by atoms with Crippen molar-refractivity contribution < 1.29 is 29.4 Å². The third-order valence-corrected chi connectivity index (χ3v) is 7.77. The lowest BCUT2D eigenvalue weighted by Crippen LogP contribution is -2.59. The molecule has 0 aliphatic rings. The van der Waals surface area contributed by atoms with Crippen LogP contribution in [0.15, 0.2) is 60.9 Å². The van der Waals surface area contributed by atoms with Crippen molar-refractivity contribution >= 4 is 45.5 Å². The first kappa shape index (κ1) is 31.3. The third kappa shape index (κ3) is 7.40. The van der Waals surface area contributed by atoms with Crippen molar-refractivity contribution in [2.24, 2.45) is 11.7 Å². The summed E-state index contributed by atoms with van der Waals surface area (Å²) in [6, 6.07) is 10.5. The lowest BCUT2D eigenvalue weighted by molar-refractivity contribution is -0.143. The van der Waals surface area contributed by atoms with Crippen molar-refractivity contribution in [2.75, 3.05) is 6.61 Å². The predicted octanol–water partition coefficient (Wildman–Crippen LogP) is 1.34. The molecule has 0 spiro atoms. The van der Waals surface area contributed by atoms with Gasteiger partial charge in [0.2, 0.25) is 17.7 Å². The van der Waals surface area contributed by atoms with E-state index in [1.54, 1.807) is 19.3 Å². The first-order chi connectivity index (χ1) is 20.6. The zero-order valence-corrected chi connectivity index (χ0v) is 24.1. The highest BCUT2D eigenvalue weighted by Crippen LogP contribution is 2.21. The molecule has 9 N–H and O–H groups in total. The van der Waals surface area contributed by atoms with Crippen molar-refractivity contribution in [3.63, 3.8) is 0 Å². The molecule has 3 amide bonds. The summed E-state index contributed by atoms with van der Waals surface area (Å²) < 4.78 is 0. The van der Waals surface area contributed by atoms with Gasteiger partial charge in [-0.05, 0) is 35.6 Å². The van der Waals surface area contributed by atoms with E-state index < -0.39 is 54.5 Å². The minimum Gasteiger partial charge on any atom is -0.480 e. The second-order valence-electron chi connectivity index (χ2n) is 10.7. The van der Waals surface area contributed by atoms with Gasteiger partial charge in [0.15, 0.2) is 0 Å². The number of nitrogens with two attached hydrogens (primary N) is 1. The monoisotopic (exact) mass is 590 g/mol. The van der Waals surface area contributed by atoms with Crippen LogP contribution in [0, 0.1) is 5.92 Å². The molecular weight excluding hydrogens is 552 g/mol. The average Bonchev–Trinajstić information content (AvgIpc) is 3.61. The number of carboxylic acid groups (broad SMARTS) is 1. The van der Waals surface area contributed by atoms with Crippen LogP contribution in [0.5, 0.6) is 0 Å². The summed E-state index contributed by atoms with van der Waals surface area (Å²) in [4.78, 5) is 57.9.